The number of H-pyrrole nitrogens is 1. The van der Waals surface area contributed by atoms with E-state index in [9.17, 15) is 32.7 Å². The van der Waals surface area contributed by atoms with Crippen LogP contribution in [0.5, 0.6) is 0 Å². The fourth-order valence-corrected chi connectivity index (χ4v) is 7.22. The van der Waals surface area contributed by atoms with Crippen molar-refractivity contribution >= 4 is 28.9 Å². The lowest BCUT2D eigenvalue weighted by Gasteiger charge is -2.49. The molecule has 4 atom stereocenters. The van der Waals surface area contributed by atoms with Crippen LogP contribution in [0.15, 0.2) is 35.3 Å². The summed E-state index contributed by atoms with van der Waals surface area (Å²) >= 11 is 0. The minimum absolute atomic E-state index is 0.0568. The van der Waals surface area contributed by atoms with E-state index in [-0.39, 0.29) is 35.8 Å². The minimum Gasteiger partial charge on any atom is -0.465 e. The standard InChI is InChI=1S/C32H39F4N5O4/c1-17-15-40(16-18(2)39(17)6)26-12-24(33)21(19-9-20-7-8-31(13-19,30(3,4)5)41(20)29(44)45)10-25(26)38-28(43)22-14-37-27(42)11-23(22)32(34,35)36/h10-14,17-18,20H,7-9,15-16H2,1-6H3,(H,37,42)(H,38,43)(H,44,45)/t17-,18+,20?,31?. The van der Waals surface area contributed by atoms with Crippen LogP contribution in [0.1, 0.15) is 75.4 Å². The monoisotopic (exact) mass is 633 g/mol. The van der Waals surface area contributed by atoms with Gasteiger partial charge in [-0.3, -0.25) is 19.4 Å². The number of hydrogen-bond acceptors (Lipinski definition) is 5. The number of nitrogens with zero attached hydrogens (tertiary/aromatic N) is 3. The minimum atomic E-state index is -4.97. The number of piperazine rings is 1. The molecule has 5 rings (SSSR count). The number of pyridine rings is 1. The molecular formula is C32H39F4N5O4. The number of benzene rings is 1. The second-order valence-electron chi connectivity index (χ2n) is 13.6. The molecule has 1 aromatic heterocycles. The summed E-state index contributed by atoms with van der Waals surface area (Å²) in [5.74, 6) is -1.70. The van der Waals surface area contributed by atoms with Gasteiger partial charge in [0.05, 0.1) is 28.0 Å². The Balaban J connectivity index is 1.64. The molecule has 2 unspecified atom stereocenters. The van der Waals surface area contributed by atoms with Gasteiger partial charge in [-0.25, -0.2) is 9.18 Å². The van der Waals surface area contributed by atoms with Gasteiger partial charge < -0.3 is 20.3 Å². The summed E-state index contributed by atoms with van der Waals surface area (Å²) in [5, 5.41) is 12.7. The molecule has 4 heterocycles. The first-order valence-corrected chi connectivity index (χ1v) is 15.0. The van der Waals surface area contributed by atoms with Gasteiger partial charge in [-0.15, -0.1) is 0 Å². The molecule has 2 amide bonds. The first-order valence-electron chi connectivity index (χ1n) is 15.0. The number of rotatable bonds is 4. The van der Waals surface area contributed by atoms with Gasteiger partial charge in [0.25, 0.3) is 5.91 Å². The third kappa shape index (κ3) is 5.70. The normalized spacial score (nSPS) is 25.7. The molecule has 244 valence electrons. The van der Waals surface area contributed by atoms with Crippen molar-refractivity contribution < 1.29 is 32.3 Å². The summed E-state index contributed by atoms with van der Waals surface area (Å²) in [5.41, 5.74) is -3.46. The highest BCUT2D eigenvalue weighted by Crippen LogP contribution is 2.54. The molecule has 13 heteroatoms. The molecule has 0 radical (unpaired) electrons. The number of aromatic amines is 1. The van der Waals surface area contributed by atoms with Crippen molar-refractivity contribution in [1.29, 1.82) is 0 Å². The van der Waals surface area contributed by atoms with Crippen LogP contribution in [0.2, 0.25) is 0 Å². The van der Waals surface area contributed by atoms with E-state index in [1.54, 1.807) is 0 Å². The average molecular weight is 634 g/mol. The van der Waals surface area contributed by atoms with Gasteiger partial charge in [0.2, 0.25) is 5.56 Å². The third-order valence-corrected chi connectivity index (χ3v) is 9.88. The second kappa shape index (κ2) is 11.2. The summed E-state index contributed by atoms with van der Waals surface area (Å²) in [4.78, 5) is 45.2. The fourth-order valence-electron chi connectivity index (χ4n) is 7.22. The Morgan fingerprint density at radius 3 is 2.31 bits per heavy atom. The largest absolute Gasteiger partial charge is 0.465 e. The van der Waals surface area contributed by atoms with Crippen molar-refractivity contribution in [2.24, 2.45) is 5.41 Å². The van der Waals surface area contributed by atoms with E-state index in [1.807, 2.05) is 52.6 Å². The Morgan fingerprint density at radius 1 is 1.09 bits per heavy atom. The van der Waals surface area contributed by atoms with Crippen LogP contribution in [-0.4, -0.2) is 75.7 Å². The molecule has 2 bridgehead atoms. The Labute approximate surface area is 258 Å². The number of carboxylic acid groups (broad SMARTS) is 1. The molecule has 45 heavy (non-hydrogen) atoms. The van der Waals surface area contributed by atoms with Gasteiger partial charge in [-0.05, 0) is 63.3 Å². The molecule has 0 spiro atoms. The summed E-state index contributed by atoms with van der Waals surface area (Å²) in [6.07, 6.45) is -2.08. The molecule has 3 N–H and O–H groups in total. The van der Waals surface area contributed by atoms with Crippen LogP contribution in [0.3, 0.4) is 0 Å². The first kappa shape index (κ1) is 32.5. The van der Waals surface area contributed by atoms with Crippen molar-refractivity contribution in [2.75, 3.05) is 30.4 Å². The zero-order chi connectivity index (χ0) is 33.2. The van der Waals surface area contributed by atoms with E-state index in [0.717, 1.165) is 6.20 Å². The van der Waals surface area contributed by atoms with E-state index in [1.165, 1.54) is 17.0 Å². The van der Waals surface area contributed by atoms with Crippen LogP contribution < -0.4 is 15.8 Å². The van der Waals surface area contributed by atoms with E-state index in [2.05, 4.69) is 15.2 Å². The van der Waals surface area contributed by atoms with E-state index >= 15 is 4.39 Å². The summed E-state index contributed by atoms with van der Waals surface area (Å²) in [7, 11) is 1.98. The zero-order valence-corrected chi connectivity index (χ0v) is 26.2. The third-order valence-electron chi connectivity index (χ3n) is 9.88. The van der Waals surface area contributed by atoms with Crippen molar-refractivity contribution in [3.63, 3.8) is 0 Å². The van der Waals surface area contributed by atoms with E-state index in [4.69, 9.17) is 0 Å². The number of hydrogen-bond donors (Lipinski definition) is 3. The average Bonchev–Trinajstić information content (AvgIpc) is 3.19. The molecule has 1 aromatic carbocycles. The molecule has 2 fully saturated rings. The number of nitrogens with one attached hydrogen (secondary N) is 2. The van der Waals surface area contributed by atoms with Gasteiger partial charge >= 0.3 is 12.3 Å². The molecular weight excluding hydrogens is 594 g/mol. The molecule has 2 aromatic rings. The Hall–Kier alpha value is -3.87. The Morgan fingerprint density at radius 2 is 1.73 bits per heavy atom. The van der Waals surface area contributed by atoms with Crippen molar-refractivity contribution in [2.45, 2.75) is 83.7 Å². The number of anilines is 2. The highest BCUT2D eigenvalue weighted by Gasteiger charge is 2.56. The van der Waals surface area contributed by atoms with Crippen LogP contribution >= 0.6 is 0 Å². The van der Waals surface area contributed by atoms with Gasteiger partial charge in [-0.1, -0.05) is 26.8 Å². The van der Waals surface area contributed by atoms with E-state index in [0.29, 0.717) is 43.3 Å². The van der Waals surface area contributed by atoms with Crippen LogP contribution in [-0.2, 0) is 6.18 Å². The molecule has 2 saturated heterocycles. The van der Waals surface area contributed by atoms with Crippen LogP contribution in [0.25, 0.3) is 5.57 Å². The predicted molar refractivity (Wildman–Crippen MR) is 163 cm³/mol. The molecule has 3 aliphatic rings. The maximum atomic E-state index is 16.2. The first-order chi connectivity index (χ1) is 20.8. The Kier molecular flexibility index (Phi) is 8.08. The number of carbonyl (C=O) groups excluding carboxylic acids is 1. The lowest BCUT2D eigenvalue weighted by molar-refractivity contribution is -0.138. The smallest absolute Gasteiger partial charge is 0.417 e. The number of alkyl halides is 3. The van der Waals surface area contributed by atoms with Crippen LogP contribution in [0.4, 0.5) is 33.7 Å². The number of aromatic nitrogens is 1. The van der Waals surface area contributed by atoms with Gasteiger partial charge in [-0.2, -0.15) is 13.2 Å². The number of amides is 2. The number of fused-ring (bicyclic) bond motifs is 2. The molecule has 0 aliphatic carbocycles. The maximum Gasteiger partial charge on any atom is 0.417 e. The highest BCUT2D eigenvalue weighted by atomic mass is 19.4. The molecule has 9 nitrogen and oxygen atoms in total. The summed E-state index contributed by atoms with van der Waals surface area (Å²) < 4.78 is 57.7. The van der Waals surface area contributed by atoms with Crippen molar-refractivity contribution in [3.05, 3.63) is 63.3 Å². The van der Waals surface area contributed by atoms with Gasteiger partial charge in [0, 0.05) is 49.0 Å². The molecule has 3 aliphatic heterocycles. The number of carbonyl (C=O) groups is 2. The summed E-state index contributed by atoms with van der Waals surface area (Å²) in [6, 6.07) is 2.80. The highest BCUT2D eigenvalue weighted by molar-refractivity contribution is 6.07. The lowest BCUT2D eigenvalue weighted by Crippen LogP contribution is -2.58. The molecule has 0 saturated carbocycles. The lowest BCUT2D eigenvalue weighted by atomic mass is 9.70. The predicted octanol–water partition coefficient (Wildman–Crippen LogP) is 6.03. The zero-order valence-electron chi connectivity index (χ0n) is 26.2. The summed E-state index contributed by atoms with van der Waals surface area (Å²) in [6.45, 7) is 10.8. The van der Waals surface area contributed by atoms with Gasteiger partial charge in [0.1, 0.15) is 5.82 Å². The second-order valence-corrected chi connectivity index (χ2v) is 13.6. The van der Waals surface area contributed by atoms with Crippen molar-refractivity contribution in [3.8, 4) is 0 Å². The van der Waals surface area contributed by atoms with E-state index < -0.39 is 51.6 Å². The fraction of sp³-hybridized carbons (Fsp3) is 0.531. The van der Waals surface area contributed by atoms with Crippen molar-refractivity contribution in [1.82, 2.24) is 14.8 Å². The maximum absolute atomic E-state index is 16.2. The topological polar surface area (TPSA) is 109 Å². The number of likely N-dealkylation sites (N-methyl/N-ethyl adjacent to an activating group) is 1. The Bertz CT molecular complexity index is 1600. The SMILES string of the molecule is C[C@@H]1CN(c2cc(F)c(C3=CC4(C(C)(C)C)CCC(C3)N4C(=O)O)cc2NC(=O)c2c[nH]c(=O)cc2C(F)(F)F)C[C@H](C)N1C. The quantitative estimate of drug-likeness (QED) is 0.355. The van der Waals surface area contributed by atoms with Crippen LogP contribution in [0, 0.1) is 11.2 Å². The number of halogens is 4. The van der Waals surface area contributed by atoms with Gasteiger partial charge in [0.15, 0.2) is 0 Å².